The van der Waals surface area contributed by atoms with E-state index in [1.54, 1.807) is 0 Å². The van der Waals surface area contributed by atoms with Gasteiger partial charge in [-0.3, -0.25) is 4.99 Å². The Morgan fingerprint density at radius 2 is 1.92 bits per heavy atom. The first-order valence-electron chi connectivity index (χ1n) is 10.1. The summed E-state index contributed by atoms with van der Waals surface area (Å²) in [5.41, 5.74) is 0. The molecule has 2 rings (SSSR count). The first-order chi connectivity index (χ1) is 11.6. The Hall–Kier alpha value is -0.810. The second-order valence-corrected chi connectivity index (χ2v) is 7.86. The normalized spacial score (nSPS) is 25.2. The van der Waals surface area contributed by atoms with Gasteiger partial charge in [0.15, 0.2) is 5.96 Å². The van der Waals surface area contributed by atoms with Crippen LogP contribution < -0.4 is 10.6 Å². The first kappa shape index (κ1) is 19.5. The van der Waals surface area contributed by atoms with Gasteiger partial charge in [-0.1, -0.05) is 6.92 Å². The van der Waals surface area contributed by atoms with Crippen molar-refractivity contribution in [3.63, 3.8) is 0 Å². The minimum absolute atomic E-state index is 0.563. The van der Waals surface area contributed by atoms with E-state index >= 15 is 0 Å². The molecule has 2 N–H and O–H groups in total. The maximum Gasteiger partial charge on any atom is 0.191 e. The van der Waals surface area contributed by atoms with Crippen LogP contribution in [0.2, 0.25) is 0 Å². The van der Waals surface area contributed by atoms with Gasteiger partial charge in [-0.2, -0.15) is 0 Å². The Balaban J connectivity index is 1.74. The van der Waals surface area contributed by atoms with Gasteiger partial charge in [-0.15, -0.1) is 0 Å². The predicted molar refractivity (Wildman–Crippen MR) is 104 cm³/mol. The van der Waals surface area contributed by atoms with Crippen molar-refractivity contribution < 1.29 is 0 Å². The summed E-state index contributed by atoms with van der Waals surface area (Å²) >= 11 is 0. The highest BCUT2D eigenvalue weighted by Crippen LogP contribution is 2.15. The molecule has 5 nitrogen and oxygen atoms in total. The molecule has 0 aromatic carbocycles. The molecule has 0 saturated carbocycles. The molecule has 2 saturated heterocycles. The lowest BCUT2D eigenvalue weighted by atomic mass is 10.0. The molecular formula is C19H39N5. The third-order valence-electron chi connectivity index (χ3n) is 5.37. The molecule has 2 aliphatic rings. The fourth-order valence-corrected chi connectivity index (χ4v) is 3.87. The fourth-order valence-electron chi connectivity index (χ4n) is 3.87. The smallest absolute Gasteiger partial charge is 0.191 e. The van der Waals surface area contributed by atoms with Crippen LogP contribution in [0.25, 0.3) is 0 Å². The van der Waals surface area contributed by atoms with Crippen LogP contribution in [0.4, 0.5) is 0 Å². The number of hydrogen-bond acceptors (Lipinski definition) is 3. The summed E-state index contributed by atoms with van der Waals surface area (Å²) in [6, 6.07) is 1.23. The fraction of sp³-hybridized carbons (Fsp3) is 0.947. The highest BCUT2D eigenvalue weighted by atomic mass is 15.2. The van der Waals surface area contributed by atoms with Crippen molar-refractivity contribution >= 4 is 5.96 Å². The lowest BCUT2D eigenvalue weighted by molar-refractivity contribution is 0.167. The molecule has 0 amide bonds. The zero-order valence-corrected chi connectivity index (χ0v) is 16.4. The van der Waals surface area contributed by atoms with E-state index in [-0.39, 0.29) is 0 Å². The maximum atomic E-state index is 4.82. The summed E-state index contributed by atoms with van der Waals surface area (Å²) in [5.74, 6) is 1.85. The van der Waals surface area contributed by atoms with E-state index in [0.29, 0.717) is 12.1 Å². The van der Waals surface area contributed by atoms with E-state index in [1.807, 2.05) is 0 Å². The Morgan fingerprint density at radius 3 is 2.54 bits per heavy atom. The largest absolute Gasteiger partial charge is 0.357 e. The van der Waals surface area contributed by atoms with Crippen LogP contribution in [0.15, 0.2) is 4.99 Å². The summed E-state index contributed by atoms with van der Waals surface area (Å²) in [7, 11) is 0. The van der Waals surface area contributed by atoms with Gasteiger partial charge in [0, 0.05) is 44.8 Å². The van der Waals surface area contributed by atoms with Gasteiger partial charge in [-0.05, 0) is 58.9 Å². The van der Waals surface area contributed by atoms with Crippen molar-refractivity contribution in [1.82, 2.24) is 20.4 Å². The van der Waals surface area contributed by atoms with Crippen molar-refractivity contribution in [3.8, 4) is 0 Å². The molecule has 5 heteroatoms. The zero-order valence-electron chi connectivity index (χ0n) is 16.4. The predicted octanol–water partition coefficient (Wildman–Crippen LogP) is 2.15. The third-order valence-corrected chi connectivity index (χ3v) is 5.37. The van der Waals surface area contributed by atoms with Gasteiger partial charge in [0.1, 0.15) is 0 Å². The van der Waals surface area contributed by atoms with Crippen LogP contribution in [0.5, 0.6) is 0 Å². The molecule has 2 heterocycles. The number of guanidine groups is 1. The van der Waals surface area contributed by atoms with Crippen molar-refractivity contribution in [3.05, 3.63) is 0 Å². The Labute approximate surface area is 149 Å². The summed E-state index contributed by atoms with van der Waals surface area (Å²) in [5, 5.41) is 7.07. The molecule has 2 fully saturated rings. The van der Waals surface area contributed by atoms with Crippen LogP contribution in [0.3, 0.4) is 0 Å². The van der Waals surface area contributed by atoms with Gasteiger partial charge in [0.2, 0.25) is 0 Å². The highest BCUT2D eigenvalue weighted by Gasteiger charge is 2.21. The number of nitrogens with zero attached hydrogens (tertiary/aromatic N) is 3. The number of nitrogens with one attached hydrogen (secondary N) is 2. The number of hydrogen-bond donors (Lipinski definition) is 2. The van der Waals surface area contributed by atoms with Crippen LogP contribution in [0, 0.1) is 5.92 Å². The minimum Gasteiger partial charge on any atom is -0.357 e. The van der Waals surface area contributed by atoms with Gasteiger partial charge in [0.05, 0.1) is 6.54 Å². The Bertz CT molecular complexity index is 374. The molecule has 24 heavy (non-hydrogen) atoms. The SMILES string of the molecule is CCNC(=NCCN1CCCC(C)C1)NC1CCN(C(C)C)CC1. The monoisotopic (exact) mass is 337 g/mol. The lowest BCUT2D eigenvalue weighted by Gasteiger charge is -2.35. The number of piperidine rings is 2. The molecule has 0 radical (unpaired) electrons. The average molecular weight is 338 g/mol. The molecule has 0 aliphatic carbocycles. The van der Waals surface area contributed by atoms with Crippen molar-refractivity contribution in [2.75, 3.05) is 45.8 Å². The maximum absolute atomic E-state index is 4.82. The standard InChI is InChI=1S/C19H39N5/c1-5-20-19(21-10-14-23-11-6-7-17(4)15-23)22-18-8-12-24(13-9-18)16(2)3/h16-18H,5-15H2,1-4H3,(H2,20,21,22). The van der Waals surface area contributed by atoms with Crippen LogP contribution in [-0.2, 0) is 0 Å². The number of aliphatic imine (C=N–C) groups is 1. The zero-order chi connectivity index (χ0) is 17.4. The molecule has 0 aromatic heterocycles. The number of likely N-dealkylation sites (tertiary alicyclic amines) is 2. The molecular weight excluding hydrogens is 298 g/mol. The van der Waals surface area contributed by atoms with Crippen LogP contribution in [-0.4, -0.2) is 73.7 Å². The van der Waals surface area contributed by atoms with Crippen molar-refractivity contribution in [1.29, 1.82) is 0 Å². The summed E-state index contributed by atoms with van der Waals surface area (Å²) < 4.78 is 0. The molecule has 1 atom stereocenters. The van der Waals surface area contributed by atoms with Crippen LogP contribution >= 0.6 is 0 Å². The van der Waals surface area contributed by atoms with Gasteiger partial charge in [0.25, 0.3) is 0 Å². The van der Waals surface area contributed by atoms with E-state index in [2.05, 4.69) is 48.1 Å². The molecule has 1 unspecified atom stereocenters. The second-order valence-electron chi connectivity index (χ2n) is 7.86. The lowest BCUT2D eigenvalue weighted by Crippen LogP contribution is -2.50. The topological polar surface area (TPSA) is 42.9 Å². The average Bonchev–Trinajstić information content (AvgIpc) is 2.55. The molecule has 0 spiro atoms. The third kappa shape index (κ3) is 6.60. The summed E-state index contributed by atoms with van der Waals surface area (Å²) in [6.07, 6.45) is 5.16. The Morgan fingerprint density at radius 1 is 1.17 bits per heavy atom. The molecule has 0 bridgehead atoms. The molecule has 2 aliphatic heterocycles. The quantitative estimate of drug-likeness (QED) is 0.576. The van der Waals surface area contributed by atoms with Gasteiger partial charge < -0.3 is 20.4 Å². The number of rotatable bonds is 6. The van der Waals surface area contributed by atoms with E-state index in [4.69, 9.17) is 4.99 Å². The van der Waals surface area contributed by atoms with Gasteiger partial charge in [-0.25, -0.2) is 0 Å². The van der Waals surface area contributed by atoms with E-state index < -0.39 is 0 Å². The molecule has 0 aromatic rings. The van der Waals surface area contributed by atoms with E-state index in [1.165, 1.54) is 51.9 Å². The summed E-state index contributed by atoms with van der Waals surface area (Å²) in [4.78, 5) is 9.96. The highest BCUT2D eigenvalue weighted by molar-refractivity contribution is 5.80. The van der Waals surface area contributed by atoms with E-state index in [0.717, 1.165) is 31.5 Å². The molecule has 140 valence electrons. The second kappa shape index (κ2) is 10.2. The summed E-state index contributed by atoms with van der Waals surface area (Å²) in [6.45, 7) is 16.9. The van der Waals surface area contributed by atoms with Crippen molar-refractivity contribution in [2.24, 2.45) is 10.9 Å². The van der Waals surface area contributed by atoms with E-state index in [9.17, 15) is 0 Å². The first-order valence-corrected chi connectivity index (χ1v) is 10.1. The Kier molecular flexibility index (Phi) is 8.33. The minimum atomic E-state index is 0.563. The van der Waals surface area contributed by atoms with Crippen LogP contribution in [0.1, 0.15) is 53.4 Å². The van der Waals surface area contributed by atoms with Gasteiger partial charge >= 0.3 is 0 Å². The van der Waals surface area contributed by atoms with Crippen molar-refractivity contribution in [2.45, 2.75) is 65.5 Å².